The van der Waals surface area contributed by atoms with Gasteiger partial charge in [-0.15, -0.1) is 0 Å². The van der Waals surface area contributed by atoms with Crippen LogP contribution in [0.3, 0.4) is 0 Å². The van der Waals surface area contributed by atoms with Gasteiger partial charge in [0.25, 0.3) is 0 Å². The second-order valence-corrected chi connectivity index (χ2v) is 5.58. The number of rotatable bonds is 3. The minimum absolute atomic E-state index is 0.273. The minimum atomic E-state index is -4.41. The highest BCUT2D eigenvalue weighted by molar-refractivity contribution is 14.1. The molecule has 0 saturated heterocycles. The van der Waals surface area contributed by atoms with Gasteiger partial charge in [0.05, 0.1) is 5.56 Å². The molecule has 2 nitrogen and oxygen atoms in total. The largest absolute Gasteiger partial charge is 0.423 e. The SMILES string of the molecule is O=C(/C=C/c1cccc(C(F)(F)F)c1)Oc1cccc(I)c1. The summed E-state index contributed by atoms with van der Waals surface area (Å²) < 4.78 is 43.7. The fourth-order valence-corrected chi connectivity index (χ4v) is 2.18. The Morgan fingerprint density at radius 3 is 2.50 bits per heavy atom. The molecule has 0 spiro atoms. The third kappa shape index (κ3) is 4.87. The van der Waals surface area contributed by atoms with E-state index in [0.29, 0.717) is 5.75 Å². The van der Waals surface area contributed by atoms with Gasteiger partial charge in [0, 0.05) is 9.65 Å². The number of halogens is 4. The zero-order chi connectivity index (χ0) is 16.2. The molecule has 6 heteroatoms. The van der Waals surface area contributed by atoms with Gasteiger partial charge < -0.3 is 4.74 Å². The molecule has 2 aromatic rings. The van der Waals surface area contributed by atoms with E-state index in [2.05, 4.69) is 22.6 Å². The van der Waals surface area contributed by atoms with Gasteiger partial charge in [-0.25, -0.2) is 4.79 Å². The Morgan fingerprint density at radius 1 is 1.09 bits per heavy atom. The number of ether oxygens (including phenoxy) is 1. The summed E-state index contributed by atoms with van der Waals surface area (Å²) in [6.07, 6.45) is -2.04. The summed E-state index contributed by atoms with van der Waals surface area (Å²) >= 11 is 2.08. The van der Waals surface area contributed by atoms with Crippen LogP contribution < -0.4 is 4.74 Å². The highest BCUT2D eigenvalue weighted by Crippen LogP contribution is 2.29. The molecule has 0 amide bonds. The molecule has 0 aliphatic heterocycles. The van der Waals surface area contributed by atoms with Crippen molar-refractivity contribution in [2.24, 2.45) is 0 Å². The fraction of sp³-hybridized carbons (Fsp3) is 0.0625. The first-order valence-corrected chi connectivity index (χ1v) is 7.25. The standard InChI is InChI=1S/C16H10F3IO2/c17-16(18,19)12-4-1-3-11(9-12)7-8-15(21)22-14-6-2-5-13(20)10-14/h1-10H/b8-7+. The van der Waals surface area contributed by atoms with E-state index in [9.17, 15) is 18.0 Å². The molecule has 22 heavy (non-hydrogen) atoms. The maximum atomic E-state index is 12.6. The van der Waals surface area contributed by atoms with Crippen molar-refractivity contribution in [3.63, 3.8) is 0 Å². The summed E-state index contributed by atoms with van der Waals surface area (Å²) in [5.41, 5.74) is -0.491. The lowest BCUT2D eigenvalue weighted by Crippen LogP contribution is -2.05. The number of benzene rings is 2. The molecule has 0 atom stereocenters. The quantitative estimate of drug-likeness (QED) is 0.306. The van der Waals surface area contributed by atoms with Gasteiger partial charge in [0.15, 0.2) is 0 Å². The zero-order valence-electron chi connectivity index (χ0n) is 11.1. The van der Waals surface area contributed by atoms with Crippen LogP contribution in [-0.4, -0.2) is 5.97 Å². The van der Waals surface area contributed by atoms with Gasteiger partial charge in [-0.1, -0.05) is 18.2 Å². The number of carbonyl (C=O) groups is 1. The molecule has 0 unspecified atom stereocenters. The Bertz CT molecular complexity index is 709. The van der Waals surface area contributed by atoms with Crippen molar-refractivity contribution in [2.75, 3.05) is 0 Å². The number of esters is 1. The van der Waals surface area contributed by atoms with Crippen LogP contribution in [0.5, 0.6) is 5.75 Å². The van der Waals surface area contributed by atoms with Gasteiger partial charge in [0.1, 0.15) is 5.75 Å². The highest BCUT2D eigenvalue weighted by Gasteiger charge is 2.30. The van der Waals surface area contributed by atoms with Crippen LogP contribution in [0.25, 0.3) is 6.08 Å². The molecule has 2 rings (SSSR count). The van der Waals surface area contributed by atoms with E-state index in [-0.39, 0.29) is 5.56 Å². The van der Waals surface area contributed by atoms with Gasteiger partial charge in [-0.05, 0) is 64.6 Å². The van der Waals surface area contributed by atoms with Crippen LogP contribution in [0, 0.1) is 3.57 Å². The van der Waals surface area contributed by atoms with Gasteiger partial charge >= 0.3 is 12.1 Å². The number of hydrogen-bond acceptors (Lipinski definition) is 2. The lowest BCUT2D eigenvalue weighted by atomic mass is 10.1. The molecule has 0 aliphatic rings. The number of hydrogen-bond donors (Lipinski definition) is 0. The first-order chi connectivity index (χ1) is 10.3. The summed E-state index contributed by atoms with van der Waals surface area (Å²) in [5, 5.41) is 0. The molecule has 0 N–H and O–H groups in total. The van der Waals surface area contributed by atoms with Crippen LogP contribution in [0.15, 0.2) is 54.6 Å². The Balaban J connectivity index is 2.07. The Kier molecular flexibility index (Phi) is 5.23. The summed E-state index contributed by atoms with van der Waals surface area (Å²) in [6.45, 7) is 0. The second kappa shape index (κ2) is 6.95. The topological polar surface area (TPSA) is 26.3 Å². The summed E-state index contributed by atoms with van der Waals surface area (Å²) in [4.78, 5) is 11.6. The van der Waals surface area contributed by atoms with E-state index in [4.69, 9.17) is 4.74 Å². The third-order valence-corrected chi connectivity index (χ3v) is 3.31. The van der Waals surface area contributed by atoms with E-state index in [1.807, 2.05) is 6.07 Å². The van der Waals surface area contributed by atoms with Crippen molar-refractivity contribution >= 4 is 34.6 Å². The monoisotopic (exact) mass is 418 g/mol. The summed E-state index contributed by atoms with van der Waals surface area (Å²) in [5.74, 6) is -0.273. The van der Waals surface area contributed by atoms with Crippen LogP contribution in [0.2, 0.25) is 0 Å². The molecule has 0 radical (unpaired) electrons. The average Bonchev–Trinajstić information content (AvgIpc) is 2.45. The van der Waals surface area contributed by atoms with Crippen molar-refractivity contribution < 1.29 is 22.7 Å². The summed E-state index contributed by atoms with van der Waals surface area (Å²) in [6, 6.07) is 11.6. The van der Waals surface area contributed by atoms with Gasteiger partial charge in [-0.3, -0.25) is 0 Å². The van der Waals surface area contributed by atoms with Crippen molar-refractivity contribution in [1.82, 2.24) is 0 Å². The molecule has 114 valence electrons. The average molecular weight is 418 g/mol. The van der Waals surface area contributed by atoms with Crippen molar-refractivity contribution in [2.45, 2.75) is 6.18 Å². The number of alkyl halides is 3. The fourth-order valence-electron chi connectivity index (χ4n) is 1.66. The molecule has 2 aromatic carbocycles. The lowest BCUT2D eigenvalue weighted by molar-refractivity contribution is -0.137. The molecule has 0 aromatic heterocycles. The summed E-state index contributed by atoms with van der Waals surface area (Å²) in [7, 11) is 0. The molecule has 0 saturated carbocycles. The Morgan fingerprint density at radius 2 is 1.82 bits per heavy atom. The van der Waals surface area contributed by atoms with Crippen molar-refractivity contribution in [1.29, 1.82) is 0 Å². The molecule has 0 heterocycles. The molecular weight excluding hydrogens is 408 g/mol. The lowest BCUT2D eigenvalue weighted by Gasteiger charge is -2.06. The van der Waals surface area contributed by atoms with Gasteiger partial charge in [0.2, 0.25) is 0 Å². The molecular formula is C16H10F3IO2. The van der Waals surface area contributed by atoms with E-state index < -0.39 is 17.7 Å². The van der Waals surface area contributed by atoms with Crippen molar-refractivity contribution in [3.8, 4) is 5.75 Å². The van der Waals surface area contributed by atoms with Crippen LogP contribution in [0.1, 0.15) is 11.1 Å². The molecule has 0 aliphatic carbocycles. The predicted molar refractivity (Wildman–Crippen MR) is 85.3 cm³/mol. The maximum Gasteiger partial charge on any atom is 0.416 e. The van der Waals surface area contributed by atoms with E-state index in [1.54, 1.807) is 18.2 Å². The van der Waals surface area contributed by atoms with Crippen LogP contribution in [0.4, 0.5) is 13.2 Å². The Hall–Kier alpha value is -1.83. The first kappa shape index (κ1) is 16.5. The normalized spacial score (nSPS) is 11.6. The maximum absolute atomic E-state index is 12.6. The molecule has 0 fully saturated rings. The smallest absolute Gasteiger partial charge is 0.416 e. The second-order valence-electron chi connectivity index (χ2n) is 4.34. The van der Waals surface area contributed by atoms with E-state index in [1.165, 1.54) is 18.2 Å². The first-order valence-electron chi connectivity index (χ1n) is 6.17. The van der Waals surface area contributed by atoms with E-state index >= 15 is 0 Å². The highest BCUT2D eigenvalue weighted by atomic mass is 127. The van der Waals surface area contributed by atoms with Crippen LogP contribution in [-0.2, 0) is 11.0 Å². The third-order valence-electron chi connectivity index (χ3n) is 2.64. The molecule has 0 bridgehead atoms. The van der Waals surface area contributed by atoms with E-state index in [0.717, 1.165) is 21.8 Å². The van der Waals surface area contributed by atoms with Gasteiger partial charge in [-0.2, -0.15) is 13.2 Å². The predicted octanol–water partition coefficient (Wildman–Crippen LogP) is 4.93. The minimum Gasteiger partial charge on any atom is -0.423 e. The zero-order valence-corrected chi connectivity index (χ0v) is 13.3. The Labute approximate surface area is 138 Å². The van der Waals surface area contributed by atoms with Crippen molar-refractivity contribution in [3.05, 3.63) is 69.3 Å². The van der Waals surface area contributed by atoms with Crippen LogP contribution >= 0.6 is 22.6 Å². The number of carbonyl (C=O) groups excluding carboxylic acids is 1.